The van der Waals surface area contributed by atoms with E-state index in [0.717, 1.165) is 0 Å². The molecule has 2 heterocycles. The van der Waals surface area contributed by atoms with Gasteiger partial charge in [-0.25, -0.2) is 17.1 Å². The zero-order valence-electron chi connectivity index (χ0n) is 13.7. The number of piperidine rings is 1. The Bertz CT molecular complexity index is 853. The number of carbonyl (C=O) groups excluding carboxylic acids is 1. The number of hydrogen-bond acceptors (Lipinski definition) is 4. The fourth-order valence-corrected chi connectivity index (χ4v) is 3.69. The Morgan fingerprint density at radius 3 is 2.40 bits per heavy atom. The highest BCUT2D eigenvalue weighted by atomic mass is 32.2. The normalized spacial score (nSPS) is 16.7. The SMILES string of the molecule is CS(=O)(=O)N1CCC(NC(=O)c2ccc(-c3ccc(F)cc3)o2)CC1. The van der Waals surface area contributed by atoms with E-state index in [2.05, 4.69) is 5.32 Å². The first kappa shape index (κ1) is 17.6. The summed E-state index contributed by atoms with van der Waals surface area (Å²) in [6, 6.07) is 8.95. The van der Waals surface area contributed by atoms with Crippen molar-refractivity contribution in [1.82, 2.24) is 9.62 Å². The maximum atomic E-state index is 13.0. The van der Waals surface area contributed by atoms with Gasteiger partial charge in [0.1, 0.15) is 11.6 Å². The minimum Gasteiger partial charge on any atom is -0.451 e. The van der Waals surface area contributed by atoms with Crippen LogP contribution in [-0.2, 0) is 10.0 Å². The van der Waals surface area contributed by atoms with Crippen LogP contribution < -0.4 is 5.32 Å². The number of halogens is 1. The van der Waals surface area contributed by atoms with Gasteiger partial charge in [-0.3, -0.25) is 4.79 Å². The summed E-state index contributed by atoms with van der Waals surface area (Å²) in [6.07, 6.45) is 2.31. The Balaban J connectivity index is 1.60. The number of nitrogens with one attached hydrogen (secondary N) is 1. The highest BCUT2D eigenvalue weighted by Crippen LogP contribution is 2.23. The Morgan fingerprint density at radius 1 is 1.16 bits per heavy atom. The molecule has 3 rings (SSSR count). The highest BCUT2D eigenvalue weighted by molar-refractivity contribution is 7.88. The minimum atomic E-state index is -3.18. The van der Waals surface area contributed by atoms with E-state index >= 15 is 0 Å². The van der Waals surface area contributed by atoms with Crippen LogP contribution in [0.3, 0.4) is 0 Å². The van der Waals surface area contributed by atoms with Crippen molar-refractivity contribution in [1.29, 1.82) is 0 Å². The molecular weight excluding hydrogens is 347 g/mol. The largest absolute Gasteiger partial charge is 0.451 e. The monoisotopic (exact) mass is 366 g/mol. The molecule has 1 fully saturated rings. The van der Waals surface area contributed by atoms with Crippen LogP contribution in [0.15, 0.2) is 40.8 Å². The molecule has 1 N–H and O–H groups in total. The molecule has 134 valence electrons. The molecule has 1 aromatic carbocycles. The predicted molar refractivity (Wildman–Crippen MR) is 91.0 cm³/mol. The van der Waals surface area contributed by atoms with Crippen molar-refractivity contribution in [2.45, 2.75) is 18.9 Å². The van der Waals surface area contributed by atoms with Crippen molar-refractivity contribution in [2.75, 3.05) is 19.3 Å². The fourth-order valence-electron chi connectivity index (χ4n) is 2.82. The average Bonchev–Trinajstić information content (AvgIpc) is 3.05. The summed E-state index contributed by atoms with van der Waals surface area (Å²) in [5, 5.41) is 2.87. The van der Waals surface area contributed by atoms with Gasteiger partial charge in [-0.1, -0.05) is 0 Å². The van der Waals surface area contributed by atoms with Crippen LogP contribution >= 0.6 is 0 Å². The third-order valence-corrected chi connectivity index (χ3v) is 5.52. The Labute approximate surface area is 145 Å². The van der Waals surface area contributed by atoms with Crippen molar-refractivity contribution >= 4 is 15.9 Å². The van der Waals surface area contributed by atoms with Crippen LogP contribution in [-0.4, -0.2) is 44.0 Å². The number of carbonyl (C=O) groups is 1. The van der Waals surface area contributed by atoms with Gasteiger partial charge in [-0.15, -0.1) is 0 Å². The maximum absolute atomic E-state index is 13.0. The van der Waals surface area contributed by atoms with Gasteiger partial charge in [-0.05, 0) is 49.2 Å². The molecule has 0 atom stereocenters. The van der Waals surface area contributed by atoms with Gasteiger partial charge >= 0.3 is 0 Å². The molecule has 25 heavy (non-hydrogen) atoms. The van der Waals surface area contributed by atoms with Gasteiger partial charge in [0.2, 0.25) is 10.0 Å². The summed E-state index contributed by atoms with van der Waals surface area (Å²) in [6.45, 7) is 0.783. The van der Waals surface area contributed by atoms with E-state index in [1.165, 1.54) is 22.7 Å². The third-order valence-electron chi connectivity index (χ3n) is 4.22. The number of nitrogens with zero attached hydrogens (tertiary/aromatic N) is 1. The van der Waals surface area contributed by atoms with Crippen molar-refractivity contribution in [3.05, 3.63) is 48.0 Å². The van der Waals surface area contributed by atoms with E-state index in [9.17, 15) is 17.6 Å². The molecule has 1 aliphatic heterocycles. The van der Waals surface area contributed by atoms with Crippen LogP contribution in [0.1, 0.15) is 23.4 Å². The molecule has 1 saturated heterocycles. The molecule has 0 saturated carbocycles. The van der Waals surface area contributed by atoms with Crippen LogP contribution in [0.25, 0.3) is 11.3 Å². The van der Waals surface area contributed by atoms with E-state index in [-0.39, 0.29) is 23.5 Å². The summed E-state index contributed by atoms with van der Waals surface area (Å²) < 4.78 is 42.9. The molecule has 0 spiro atoms. The topological polar surface area (TPSA) is 79.6 Å². The van der Waals surface area contributed by atoms with Gasteiger partial charge < -0.3 is 9.73 Å². The number of sulfonamides is 1. The van der Waals surface area contributed by atoms with E-state index in [4.69, 9.17) is 4.42 Å². The van der Waals surface area contributed by atoms with Crippen LogP contribution in [0.5, 0.6) is 0 Å². The average molecular weight is 366 g/mol. The Kier molecular flexibility index (Phi) is 4.91. The van der Waals surface area contributed by atoms with Crippen molar-refractivity contribution in [3.63, 3.8) is 0 Å². The lowest BCUT2D eigenvalue weighted by molar-refractivity contribution is 0.0896. The summed E-state index contributed by atoms with van der Waals surface area (Å²) >= 11 is 0. The van der Waals surface area contributed by atoms with Crippen molar-refractivity contribution < 1.29 is 22.0 Å². The second-order valence-electron chi connectivity index (χ2n) is 6.08. The molecule has 6 nitrogen and oxygen atoms in total. The zero-order valence-corrected chi connectivity index (χ0v) is 14.6. The van der Waals surface area contributed by atoms with E-state index in [1.807, 2.05) is 0 Å². The van der Waals surface area contributed by atoms with E-state index < -0.39 is 10.0 Å². The first-order valence-corrected chi connectivity index (χ1v) is 9.79. The quantitative estimate of drug-likeness (QED) is 0.900. The van der Waals surface area contributed by atoms with Crippen molar-refractivity contribution in [2.24, 2.45) is 0 Å². The number of furan rings is 1. The standard InChI is InChI=1S/C17H19FN2O4S/c1-25(22,23)20-10-8-14(9-11-20)19-17(21)16-7-6-15(24-16)12-2-4-13(18)5-3-12/h2-7,14H,8-11H2,1H3,(H,19,21). The zero-order chi connectivity index (χ0) is 18.0. The molecular formula is C17H19FN2O4S. The molecule has 0 bridgehead atoms. The second-order valence-corrected chi connectivity index (χ2v) is 8.06. The molecule has 2 aromatic rings. The van der Waals surface area contributed by atoms with Crippen LogP contribution in [0.4, 0.5) is 4.39 Å². The first-order valence-electron chi connectivity index (χ1n) is 7.95. The van der Waals surface area contributed by atoms with Gasteiger partial charge in [0.05, 0.1) is 6.26 Å². The molecule has 8 heteroatoms. The van der Waals surface area contributed by atoms with Crippen LogP contribution in [0.2, 0.25) is 0 Å². The Morgan fingerprint density at radius 2 is 1.80 bits per heavy atom. The smallest absolute Gasteiger partial charge is 0.287 e. The van der Waals surface area contributed by atoms with Gasteiger partial charge in [0.15, 0.2) is 5.76 Å². The minimum absolute atomic E-state index is 0.0927. The lowest BCUT2D eigenvalue weighted by Gasteiger charge is -2.30. The lowest BCUT2D eigenvalue weighted by Crippen LogP contribution is -2.46. The predicted octanol–water partition coefficient (Wildman–Crippen LogP) is 2.24. The molecule has 1 amide bonds. The summed E-state index contributed by atoms with van der Waals surface area (Å²) in [5.41, 5.74) is 0.682. The summed E-state index contributed by atoms with van der Waals surface area (Å²) in [7, 11) is -3.18. The van der Waals surface area contributed by atoms with Gasteiger partial charge in [0.25, 0.3) is 5.91 Å². The first-order chi connectivity index (χ1) is 11.8. The fraction of sp³-hybridized carbons (Fsp3) is 0.353. The Hall–Kier alpha value is -2.19. The maximum Gasteiger partial charge on any atom is 0.287 e. The second kappa shape index (κ2) is 6.97. The molecule has 1 aliphatic rings. The van der Waals surface area contributed by atoms with Crippen LogP contribution in [0, 0.1) is 5.82 Å². The number of rotatable bonds is 4. The highest BCUT2D eigenvalue weighted by Gasteiger charge is 2.26. The number of benzene rings is 1. The number of hydrogen-bond donors (Lipinski definition) is 1. The molecule has 0 unspecified atom stereocenters. The molecule has 0 aliphatic carbocycles. The summed E-state index contributed by atoms with van der Waals surface area (Å²) in [4.78, 5) is 12.3. The molecule has 0 radical (unpaired) electrons. The van der Waals surface area contributed by atoms with E-state index in [0.29, 0.717) is 37.3 Å². The van der Waals surface area contributed by atoms with Crippen molar-refractivity contribution in [3.8, 4) is 11.3 Å². The van der Waals surface area contributed by atoms with E-state index in [1.54, 1.807) is 24.3 Å². The number of amides is 1. The molecule has 1 aromatic heterocycles. The van der Waals surface area contributed by atoms with Gasteiger partial charge in [-0.2, -0.15) is 0 Å². The summed E-state index contributed by atoms with van der Waals surface area (Å²) in [5.74, 6) is -0.0261. The lowest BCUT2D eigenvalue weighted by atomic mass is 10.1. The third kappa shape index (κ3) is 4.26. The van der Waals surface area contributed by atoms with Gasteiger partial charge in [0, 0.05) is 24.7 Å².